The van der Waals surface area contributed by atoms with Crippen molar-refractivity contribution in [1.82, 2.24) is 9.97 Å². The van der Waals surface area contributed by atoms with E-state index >= 15 is 0 Å². The quantitative estimate of drug-likeness (QED) is 0.804. The van der Waals surface area contributed by atoms with Gasteiger partial charge in [0.15, 0.2) is 11.6 Å². The van der Waals surface area contributed by atoms with Crippen molar-refractivity contribution in [2.75, 3.05) is 30.9 Å². The maximum absolute atomic E-state index is 5.48. The summed E-state index contributed by atoms with van der Waals surface area (Å²) in [5.74, 6) is 2.43. The molecule has 0 bridgehead atoms. The first kappa shape index (κ1) is 12.9. The molecule has 1 aliphatic rings. The molecule has 0 saturated heterocycles. The molecule has 1 aromatic rings. The van der Waals surface area contributed by atoms with E-state index in [2.05, 4.69) is 27.1 Å². The molecule has 0 aliphatic heterocycles. The molecule has 1 fully saturated rings. The lowest BCUT2D eigenvalue weighted by Gasteiger charge is -2.25. The van der Waals surface area contributed by atoms with Crippen LogP contribution in [0.25, 0.3) is 0 Å². The van der Waals surface area contributed by atoms with Crippen LogP contribution >= 0.6 is 0 Å². The number of unbranched alkanes of at least 4 members (excludes halogenated alkanes) is 1. The first-order valence-electron chi connectivity index (χ1n) is 6.65. The maximum Gasteiger partial charge on any atom is 0.204 e. The lowest BCUT2D eigenvalue weighted by molar-refractivity contribution is 0.412. The molecule has 2 rings (SSSR count). The third kappa shape index (κ3) is 2.66. The number of methoxy groups -OCH3 is 1. The van der Waals surface area contributed by atoms with E-state index in [1.54, 1.807) is 13.4 Å². The van der Waals surface area contributed by atoms with Crippen LogP contribution < -0.4 is 15.0 Å². The Balaban J connectivity index is 2.28. The second-order valence-electron chi connectivity index (χ2n) is 4.61. The molecule has 1 aromatic heterocycles. The third-order valence-corrected chi connectivity index (χ3v) is 3.24. The van der Waals surface area contributed by atoms with Crippen LogP contribution in [-0.4, -0.2) is 36.7 Å². The van der Waals surface area contributed by atoms with Gasteiger partial charge in [-0.05, 0) is 19.3 Å². The van der Waals surface area contributed by atoms with Gasteiger partial charge in [0.1, 0.15) is 6.33 Å². The Morgan fingerprint density at radius 1 is 1.44 bits per heavy atom. The Hall–Kier alpha value is -1.52. The van der Waals surface area contributed by atoms with Gasteiger partial charge >= 0.3 is 0 Å². The SMILES string of the molecule is CCCCN(c1ncnc(NC)c1OC)C1CC1. The van der Waals surface area contributed by atoms with Crippen LogP contribution in [0.2, 0.25) is 0 Å². The minimum absolute atomic E-state index is 0.630. The van der Waals surface area contributed by atoms with Gasteiger partial charge < -0.3 is 15.0 Å². The number of hydrogen-bond acceptors (Lipinski definition) is 5. The number of nitrogens with one attached hydrogen (secondary N) is 1. The van der Waals surface area contributed by atoms with Gasteiger partial charge in [0.25, 0.3) is 0 Å². The largest absolute Gasteiger partial charge is 0.490 e. The molecule has 0 amide bonds. The van der Waals surface area contributed by atoms with Crippen LogP contribution in [-0.2, 0) is 0 Å². The van der Waals surface area contributed by atoms with E-state index in [1.165, 1.54) is 25.7 Å². The number of ether oxygens (including phenoxy) is 1. The fourth-order valence-electron chi connectivity index (χ4n) is 2.11. The molecule has 5 heteroatoms. The van der Waals surface area contributed by atoms with E-state index in [0.29, 0.717) is 6.04 Å². The molecular formula is C13H22N4O. The minimum Gasteiger partial charge on any atom is -0.490 e. The molecule has 18 heavy (non-hydrogen) atoms. The summed E-state index contributed by atoms with van der Waals surface area (Å²) in [7, 11) is 3.52. The van der Waals surface area contributed by atoms with Crippen LogP contribution in [0.5, 0.6) is 5.75 Å². The monoisotopic (exact) mass is 250 g/mol. The van der Waals surface area contributed by atoms with Gasteiger partial charge in [-0.1, -0.05) is 13.3 Å². The van der Waals surface area contributed by atoms with E-state index in [-0.39, 0.29) is 0 Å². The van der Waals surface area contributed by atoms with Gasteiger partial charge in [-0.15, -0.1) is 0 Å². The Morgan fingerprint density at radius 3 is 2.78 bits per heavy atom. The van der Waals surface area contributed by atoms with Crippen molar-refractivity contribution in [1.29, 1.82) is 0 Å². The molecule has 1 aliphatic carbocycles. The summed E-state index contributed by atoms with van der Waals surface area (Å²) in [4.78, 5) is 11.0. The molecule has 0 spiro atoms. The Kier molecular flexibility index (Phi) is 4.23. The number of hydrogen-bond donors (Lipinski definition) is 1. The normalized spacial score (nSPS) is 14.4. The molecular weight excluding hydrogens is 228 g/mol. The number of anilines is 2. The predicted octanol–water partition coefficient (Wildman–Crippen LogP) is 2.30. The molecule has 1 N–H and O–H groups in total. The van der Waals surface area contributed by atoms with Crippen LogP contribution in [0.4, 0.5) is 11.6 Å². The van der Waals surface area contributed by atoms with E-state index in [9.17, 15) is 0 Å². The highest BCUT2D eigenvalue weighted by atomic mass is 16.5. The fraction of sp³-hybridized carbons (Fsp3) is 0.692. The highest BCUT2D eigenvalue weighted by molar-refractivity contribution is 5.65. The summed E-state index contributed by atoms with van der Waals surface area (Å²) in [6.45, 7) is 3.25. The van der Waals surface area contributed by atoms with E-state index in [1.807, 2.05) is 7.05 Å². The zero-order chi connectivity index (χ0) is 13.0. The van der Waals surface area contributed by atoms with E-state index in [4.69, 9.17) is 4.74 Å². The Bertz CT molecular complexity index is 393. The summed E-state index contributed by atoms with van der Waals surface area (Å²) >= 11 is 0. The highest BCUT2D eigenvalue weighted by Crippen LogP contribution is 2.38. The Morgan fingerprint density at radius 2 is 2.22 bits per heavy atom. The first-order valence-corrected chi connectivity index (χ1v) is 6.65. The van der Waals surface area contributed by atoms with Crippen LogP contribution in [0.1, 0.15) is 32.6 Å². The van der Waals surface area contributed by atoms with Gasteiger partial charge in [0.05, 0.1) is 7.11 Å². The molecule has 1 saturated carbocycles. The van der Waals surface area contributed by atoms with Gasteiger partial charge in [-0.25, -0.2) is 9.97 Å². The fourth-order valence-corrected chi connectivity index (χ4v) is 2.11. The van der Waals surface area contributed by atoms with E-state index in [0.717, 1.165) is 23.9 Å². The van der Waals surface area contributed by atoms with Crippen molar-refractivity contribution in [3.8, 4) is 5.75 Å². The number of rotatable bonds is 7. The molecule has 0 atom stereocenters. The molecule has 0 radical (unpaired) electrons. The average molecular weight is 250 g/mol. The molecule has 1 heterocycles. The predicted molar refractivity (Wildman–Crippen MR) is 73.4 cm³/mol. The van der Waals surface area contributed by atoms with E-state index < -0.39 is 0 Å². The summed E-state index contributed by atoms with van der Waals surface area (Å²) in [5, 5.41) is 3.05. The first-order chi connectivity index (χ1) is 8.81. The van der Waals surface area contributed by atoms with Crippen molar-refractivity contribution in [2.45, 2.75) is 38.6 Å². The average Bonchev–Trinajstić information content (AvgIpc) is 3.23. The molecule has 5 nitrogen and oxygen atoms in total. The van der Waals surface area contributed by atoms with Gasteiger partial charge in [-0.2, -0.15) is 0 Å². The van der Waals surface area contributed by atoms with Crippen molar-refractivity contribution >= 4 is 11.6 Å². The Labute approximate surface area is 109 Å². The molecule has 0 unspecified atom stereocenters. The summed E-state index contributed by atoms with van der Waals surface area (Å²) in [6, 6.07) is 0.630. The third-order valence-electron chi connectivity index (χ3n) is 3.24. The standard InChI is InChI=1S/C13H22N4O/c1-4-5-8-17(10-6-7-10)13-11(18-3)12(14-2)15-9-16-13/h9-10H,4-8H2,1-3H3,(H,14,15,16). The van der Waals surface area contributed by atoms with Gasteiger partial charge in [0.2, 0.25) is 5.75 Å². The zero-order valence-corrected chi connectivity index (χ0v) is 11.4. The summed E-state index contributed by atoms with van der Waals surface area (Å²) in [6.07, 6.45) is 6.48. The van der Waals surface area contributed by atoms with Gasteiger partial charge in [0, 0.05) is 19.6 Å². The lowest BCUT2D eigenvalue weighted by Crippen LogP contribution is -2.28. The maximum atomic E-state index is 5.48. The van der Waals surface area contributed by atoms with Crippen molar-refractivity contribution in [3.63, 3.8) is 0 Å². The number of nitrogens with zero attached hydrogens (tertiary/aromatic N) is 3. The zero-order valence-electron chi connectivity index (χ0n) is 11.4. The van der Waals surface area contributed by atoms with Crippen molar-refractivity contribution in [3.05, 3.63) is 6.33 Å². The van der Waals surface area contributed by atoms with Crippen LogP contribution in [0.15, 0.2) is 6.33 Å². The second-order valence-corrected chi connectivity index (χ2v) is 4.61. The summed E-state index contributed by atoms with van der Waals surface area (Å²) < 4.78 is 5.48. The molecule has 100 valence electrons. The second kappa shape index (κ2) is 5.89. The lowest BCUT2D eigenvalue weighted by atomic mass is 10.3. The number of aromatic nitrogens is 2. The van der Waals surface area contributed by atoms with Crippen molar-refractivity contribution in [2.24, 2.45) is 0 Å². The smallest absolute Gasteiger partial charge is 0.204 e. The minimum atomic E-state index is 0.630. The van der Waals surface area contributed by atoms with Crippen LogP contribution in [0, 0.1) is 0 Å². The topological polar surface area (TPSA) is 50.3 Å². The highest BCUT2D eigenvalue weighted by Gasteiger charge is 2.32. The van der Waals surface area contributed by atoms with Crippen LogP contribution in [0.3, 0.4) is 0 Å². The van der Waals surface area contributed by atoms with Gasteiger partial charge in [-0.3, -0.25) is 0 Å². The summed E-state index contributed by atoms with van der Waals surface area (Å²) in [5.41, 5.74) is 0. The molecule has 0 aromatic carbocycles. The van der Waals surface area contributed by atoms with Crippen molar-refractivity contribution < 1.29 is 4.74 Å².